The topological polar surface area (TPSA) is 45.3 Å². The van der Waals surface area contributed by atoms with E-state index in [1.807, 2.05) is 65.7 Å². The quantitative estimate of drug-likeness (QED) is 0.796. The summed E-state index contributed by atoms with van der Waals surface area (Å²) in [7, 11) is 0. The minimum atomic E-state index is 0.102. The van der Waals surface area contributed by atoms with E-state index >= 15 is 0 Å². The zero-order valence-corrected chi connectivity index (χ0v) is 13.4. The molecule has 1 aromatic heterocycles. The number of hydrogen-bond donors (Lipinski definition) is 1. The van der Waals surface area contributed by atoms with Gasteiger partial charge in [0.1, 0.15) is 11.9 Å². The second-order valence-corrected chi connectivity index (χ2v) is 6.20. The van der Waals surface area contributed by atoms with Gasteiger partial charge >= 0.3 is 0 Å². The maximum Gasteiger partial charge on any atom is 0.253 e. The Labute approximate surface area is 141 Å². The third kappa shape index (κ3) is 3.00. The van der Waals surface area contributed by atoms with Gasteiger partial charge in [0.25, 0.3) is 5.91 Å². The van der Waals surface area contributed by atoms with Gasteiger partial charge in [-0.3, -0.25) is 4.79 Å². The van der Waals surface area contributed by atoms with E-state index in [0.717, 1.165) is 48.1 Å². The van der Waals surface area contributed by atoms with E-state index in [2.05, 4.69) is 4.98 Å². The Morgan fingerprint density at radius 2 is 1.83 bits per heavy atom. The molecule has 122 valence electrons. The van der Waals surface area contributed by atoms with E-state index in [9.17, 15) is 4.79 Å². The molecule has 4 nitrogen and oxygen atoms in total. The molecule has 0 bridgehead atoms. The van der Waals surface area contributed by atoms with Crippen LogP contribution in [0, 0.1) is 0 Å². The van der Waals surface area contributed by atoms with E-state index in [0.29, 0.717) is 0 Å². The number of piperidine rings is 1. The van der Waals surface area contributed by atoms with Gasteiger partial charge < -0.3 is 14.6 Å². The summed E-state index contributed by atoms with van der Waals surface area (Å²) in [6.45, 7) is 1.47. The van der Waals surface area contributed by atoms with Crippen LogP contribution in [0.5, 0.6) is 5.75 Å². The second-order valence-electron chi connectivity index (χ2n) is 6.20. The first kappa shape index (κ1) is 14.8. The summed E-state index contributed by atoms with van der Waals surface area (Å²) in [5, 5.41) is 1.13. The van der Waals surface area contributed by atoms with Gasteiger partial charge in [0.15, 0.2) is 0 Å². The third-order valence-electron chi connectivity index (χ3n) is 4.58. The van der Waals surface area contributed by atoms with Gasteiger partial charge in [0.05, 0.1) is 0 Å². The summed E-state index contributed by atoms with van der Waals surface area (Å²) < 4.78 is 5.99. The van der Waals surface area contributed by atoms with Gasteiger partial charge in [-0.1, -0.05) is 24.3 Å². The molecule has 3 aromatic rings. The highest BCUT2D eigenvalue weighted by Gasteiger charge is 2.24. The lowest BCUT2D eigenvalue weighted by molar-refractivity contribution is 0.0595. The number of benzene rings is 2. The first-order valence-corrected chi connectivity index (χ1v) is 8.38. The number of H-pyrrole nitrogens is 1. The molecule has 1 fully saturated rings. The first-order chi connectivity index (χ1) is 11.8. The van der Waals surface area contributed by atoms with Crippen molar-refractivity contribution in [1.82, 2.24) is 9.88 Å². The van der Waals surface area contributed by atoms with Crippen molar-refractivity contribution in [3.63, 3.8) is 0 Å². The Balaban J connectivity index is 1.39. The average molecular weight is 320 g/mol. The Kier molecular flexibility index (Phi) is 3.95. The molecule has 0 atom stereocenters. The van der Waals surface area contributed by atoms with Crippen molar-refractivity contribution in [2.24, 2.45) is 0 Å². The van der Waals surface area contributed by atoms with Gasteiger partial charge in [-0.2, -0.15) is 0 Å². The molecular formula is C20H20N2O2. The largest absolute Gasteiger partial charge is 0.490 e. The number of hydrogen-bond acceptors (Lipinski definition) is 2. The summed E-state index contributed by atoms with van der Waals surface area (Å²) in [5.74, 6) is 1.00. The number of fused-ring (bicyclic) bond motifs is 1. The normalized spacial score (nSPS) is 15.6. The summed E-state index contributed by atoms with van der Waals surface area (Å²) >= 11 is 0. The Hall–Kier alpha value is -2.75. The SMILES string of the molecule is O=C(c1ccc2cc[nH]c2c1)N1CCC(Oc2ccccc2)CC1. The molecular weight excluding hydrogens is 300 g/mol. The van der Waals surface area contributed by atoms with Gasteiger partial charge in [0.2, 0.25) is 0 Å². The Morgan fingerprint density at radius 1 is 1.04 bits per heavy atom. The summed E-state index contributed by atoms with van der Waals surface area (Å²) in [6.07, 6.45) is 3.81. The van der Waals surface area contributed by atoms with Crippen molar-refractivity contribution in [2.75, 3.05) is 13.1 Å². The van der Waals surface area contributed by atoms with Crippen LogP contribution >= 0.6 is 0 Å². The number of para-hydroxylation sites is 1. The smallest absolute Gasteiger partial charge is 0.253 e. The molecule has 2 heterocycles. The molecule has 24 heavy (non-hydrogen) atoms. The van der Waals surface area contributed by atoms with Crippen LogP contribution in [0.1, 0.15) is 23.2 Å². The van der Waals surface area contributed by atoms with Crippen LogP contribution in [-0.4, -0.2) is 35.0 Å². The molecule has 1 aliphatic rings. The number of aromatic nitrogens is 1. The molecule has 1 amide bonds. The second kappa shape index (κ2) is 6.40. The molecule has 4 heteroatoms. The van der Waals surface area contributed by atoms with Crippen molar-refractivity contribution < 1.29 is 9.53 Å². The zero-order chi connectivity index (χ0) is 16.4. The van der Waals surface area contributed by atoms with Crippen molar-refractivity contribution in [2.45, 2.75) is 18.9 Å². The molecule has 0 aliphatic carbocycles. The van der Waals surface area contributed by atoms with E-state index in [1.165, 1.54) is 0 Å². The number of carbonyl (C=O) groups excluding carboxylic acids is 1. The van der Waals surface area contributed by atoms with Gasteiger partial charge in [-0.15, -0.1) is 0 Å². The van der Waals surface area contributed by atoms with Crippen LogP contribution in [0.4, 0.5) is 0 Å². The van der Waals surface area contributed by atoms with Crippen molar-refractivity contribution in [1.29, 1.82) is 0 Å². The monoisotopic (exact) mass is 320 g/mol. The van der Waals surface area contributed by atoms with Crippen molar-refractivity contribution >= 4 is 16.8 Å². The summed E-state index contributed by atoms with van der Waals surface area (Å²) in [6, 6.07) is 17.7. The fourth-order valence-corrected chi connectivity index (χ4v) is 3.23. The highest BCUT2D eigenvalue weighted by atomic mass is 16.5. The van der Waals surface area contributed by atoms with Crippen LogP contribution in [0.15, 0.2) is 60.8 Å². The van der Waals surface area contributed by atoms with Crippen molar-refractivity contribution in [3.8, 4) is 5.75 Å². The molecule has 0 radical (unpaired) electrons. The molecule has 2 aromatic carbocycles. The Bertz CT molecular complexity index is 833. The van der Waals surface area contributed by atoms with E-state index in [1.54, 1.807) is 0 Å². The number of likely N-dealkylation sites (tertiary alicyclic amines) is 1. The molecule has 0 saturated carbocycles. The minimum absolute atomic E-state index is 0.102. The molecule has 4 rings (SSSR count). The number of nitrogens with zero attached hydrogens (tertiary/aromatic N) is 1. The predicted octanol–water partition coefficient (Wildman–Crippen LogP) is 3.85. The van der Waals surface area contributed by atoms with Crippen LogP contribution in [-0.2, 0) is 0 Å². The number of ether oxygens (including phenoxy) is 1. The maximum absolute atomic E-state index is 12.7. The van der Waals surface area contributed by atoms with E-state index in [4.69, 9.17) is 4.74 Å². The number of amides is 1. The molecule has 1 saturated heterocycles. The van der Waals surface area contributed by atoms with Crippen molar-refractivity contribution in [3.05, 3.63) is 66.4 Å². The van der Waals surface area contributed by atoms with E-state index < -0.39 is 0 Å². The molecule has 0 spiro atoms. The van der Waals surface area contributed by atoms with Crippen LogP contribution in [0.3, 0.4) is 0 Å². The lowest BCUT2D eigenvalue weighted by Gasteiger charge is -2.32. The first-order valence-electron chi connectivity index (χ1n) is 8.38. The standard InChI is InChI=1S/C20H20N2O2/c23-20(16-7-6-15-8-11-21-19(15)14-16)22-12-9-18(10-13-22)24-17-4-2-1-3-5-17/h1-8,11,14,18,21H,9-10,12-13H2. The fourth-order valence-electron chi connectivity index (χ4n) is 3.23. The van der Waals surface area contributed by atoms with Gasteiger partial charge in [-0.25, -0.2) is 0 Å². The molecule has 1 aliphatic heterocycles. The number of carbonyl (C=O) groups is 1. The zero-order valence-electron chi connectivity index (χ0n) is 13.4. The number of rotatable bonds is 3. The van der Waals surface area contributed by atoms with E-state index in [-0.39, 0.29) is 12.0 Å². The van der Waals surface area contributed by atoms with Crippen LogP contribution in [0.2, 0.25) is 0 Å². The number of aromatic amines is 1. The third-order valence-corrected chi connectivity index (χ3v) is 4.58. The molecule has 0 unspecified atom stereocenters. The average Bonchev–Trinajstić information content (AvgIpc) is 3.10. The summed E-state index contributed by atoms with van der Waals surface area (Å²) in [5.41, 5.74) is 1.75. The Morgan fingerprint density at radius 3 is 2.62 bits per heavy atom. The lowest BCUT2D eigenvalue weighted by Crippen LogP contribution is -2.41. The maximum atomic E-state index is 12.7. The summed E-state index contributed by atoms with van der Waals surface area (Å²) in [4.78, 5) is 17.8. The fraction of sp³-hybridized carbons (Fsp3) is 0.250. The van der Waals surface area contributed by atoms with Crippen LogP contribution < -0.4 is 4.74 Å². The highest BCUT2D eigenvalue weighted by molar-refractivity contribution is 5.98. The number of nitrogens with one attached hydrogen (secondary N) is 1. The van der Waals surface area contributed by atoms with Crippen LogP contribution in [0.25, 0.3) is 10.9 Å². The lowest BCUT2D eigenvalue weighted by atomic mass is 10.1. The minimum Gasteiger partial charge on any atom is -0.490 e. The predicted molar refractivity (Wildman–Crippen MR) is 94.3 cm³/mol. The van der Waals surface area contributed by atoms with Gasteiger partial charge in [0, 0.05) is 43.2 Å². The molecule has 1 N–H and O–H groups in total. The highest BCUT2D eigenvalue weighted by Crippen LogP contribution is 2.21. The van der Waals surface area contributed by atoms with Gasteiger partial charge in [-0.05, 0) is 35.7 Å².